The molecule has 3 N–H and O–H groups in total. The molecule has 0 aliphatic carbocycles. The van der Waals surface area contributed by atoms with Gasteiger partial charge in [-0.15, -0.1) is 0 Å². The third-order valence-electron chi connectivity index (χ3n) is 1.42. The predicted octanol–water partition coefficient (Wildman–Crippen LogP) is 0.730. The van der Waals surface area contributed by atoms with Gasteiger partial charge in [-0.05, 0) is 12.1 Å². The Bertz CT molecular complexity index is 271. The van der Waals surface area contributed by atoms with Gasteiger partial charge in [-0.3, -0.25) is 0 Å². The summed E-state index contributed by atoms with van der Waals surface area (Å²) >= 11 is 0. The van der Waals surface area contributed by atoms with Crippen LogP contribution in [0.4, 0.5) is 0 Å². The first kappa shape index (κ1) is 7.63. The smallest absolute Gasteiger partial charge is 0.162 e. The minimum atomic E-state index is 0. The van der Waals surface area contributed by atoms with Gasteiger partial charge in [0.1, 0.15) is 0 Å². The van der Waals surface area contributed by atoms with Gasteiger partial charge in [-0.2, -0.15) is 0 Å². The first-order valence-electron chi connectivity index (χ1n) is 3.15. The lowest BCUT2D eigenvalue weighted by molar-refractivity contribution is 0.239. The molecule has 58 valence electrons. The molecule has 0 amide bonds. The molecule has 0 saturated heterocycles. The third-order valence-corrected chi connectivity index (χ3v) is 1.42. The molecule has 3 heteroatoms. The highest BCUT2D eigenvalue weighted by Crippen LogP contribution is 2.20. The summed E-state index contributed by atoms with van der Waals surface area (Å²) in [5, 5.41) is 0. The zero-order valence-electron chi connectivity index (χ0n) is 5.87. The number of para-hydroxylation sites is 1. The lowest BCUT2D eigenvalue weighted by Crippen LogP contribution is -2.13. The van der Waals surface area contributed by atoms with E-state index in [1.807, 2.05) is 30.3 Å². The number of nitrogens with one attached hydrogen (secondary N) is 1. The van der Waals surface area contributed by atoms with Crippen molar-refractivity contribution in [3.63, 3.8) is 0 Å². The molecule has 0 radical (unpaired) electrons. The van der Waals surface area contributed by atoms with Gasteiger partial charge < -0.3 is 10.3 Å². The van der Waals surface area contributed by atoms with Crippen molar-refractivity contribution >= 4 is 6.08 Å². The topological polar surface area (TPSA) is 52.8 Å². The SMILES string of the molecule is C1=Cc2ccccc2ON1.O. The fourth-order valence-corrected chi connectivity index (χ4v) is 0.932. The van der Waals surface area contributed by atoms with Gasteiger partial charge in [0.2, 0.25) is 0 Å². The summed E-state index contributed by atoms with van der Waals surface area (Å²) in [6, 6.07) is 7.86. The molecular weight excluding hydrogens is 142 g/mol. The quantitative estimate of drug-likeness (QED) is 0.594. The Labute approximate surface area is 64.6 Å². The fraction of sp³-hybridized carbons (Fsp3) is 0. The molecule has 11 heavy (non-hydrogen) atoms. The lowest BCUT2D eigenvalue weighted by atomic mass is 10.2. The van der Waals surface area contributed by atoms with Crippen LogP contribution in [0.25, 0.3) is 6.08 Å². The summed E-state index contributed by atoms with van der Waals surface area (Å²) in [5.74, 6) is 0.880. The molecule has 0 unspecified atom stereocenters. The highest BCUT2D eigenvalue weighted by molar-refractivity contribution is 5.57. The molecule has 1 heterocycles. The molecular formula is C8H9NO2. The standard InChI is InChI=1S/C8H7NO.H2O/c1-2-4-8-7(3-1)5-6-9-10-8;/h1-6,9H;1H2. The van der Waals surface area contributed by atoms with E-state index >= 15 is 0 Å². The number of hydrogen-bond acceptors (Lipinski definition) is 2. The van der Waals surface area contributed by atoms with E-state index in [0.717, 1.165) is 11.3 Å². The normalized spacial score (nSPS) is 12.0. The molecule has 0 aromatic heterocycles. The van der Waals surface area contributed by atoms with E-state index in [4.69, 9.17) is 4.84 Å². The van der Waals surface area contributed by atoms with Gasteiger partial charge in [-0.1, -0.05) is 18.2 Å². The van der Waals surface area contributed by atoms with Crippen LogP contribution in [0, 0.1) is 0 Å². The van der Waals surface area contributed by atoms with Gasteiger partial charge >= 0.3 is 0 Å². The van der Waals surface area contributed by atoms with Gasteiger partial charge in [0.05, 0.1) is 0 Å². The van der Waals surface area contributed by atoms with Crippen LogP contribution >= 0.6 is 0 Å². The first-order chi connectivity index (χ1) is 4.97. The summed E-state index contributed by atoms with van der Waals surface area (Å²) in [5.41, 5.74) is 3.77. The molecule has 0 fully saturated rings. The maximum Gasteiger partial charge on any atom is 0.162 e. The molecule has 0 spiro atoms. The Morgan fingerprint density at radius 3 is 2.82 bits per heavy atom. The number of hydroxylamine groups is 1. The highest BCUT2D eigenvalue weighted by atomic mass is 16.6. The molecule has 0 saturated carbocycles. The van der Waals surface area contributed by atoms with Gasteiger partial charge in [0.15, 0.2) is 5.75 Å². The van der Waals surface area contributed by atoms with Crippen LogP contribution in [0.5, 0.6) is 5.75 Å². The molecule has 0 atom stereocenters. The Morgan fingerprint density at radius 2 is 2.00 bits per heavy atom. The summed E-state index contributed by atoms with van der Waals surface area (Å²) in [6.45, 7) is 0. The van der Waals surface area contributed by atoms with Crippen molar-refractivity contribution < 1.29 is 10.3 Å². The number of rotatable bonds is 0. The number of fused-ring (bicyclic) bond motifs is 1. The third kappa shape index (κ3) is 1.33. The molecule has 1 aliphatic heterocycles. The van der Waals surface area contributed by atoms with E-state index in [2.05, 4.69) is 5.48 Å². The van der Waals surface area contributed by atoms with Crippen LogP contribution in [0.3, 0.4) is 0 Å². The van der Waals surface area contributed by atoms with Crippen LogP contribution in [-0.4, -0.2) is 5.48 Å². The van der Waals surface area contributed by atoms with E-state index < -0.39 is 0 Å². The molecule has 1 aromatic carbocycles. The van der Waals surface area contributed by atoms with Crippen LogP contribution in [0.15, 0.2) is 30.5 Å². The Balaban J connectivity index is 0.000000605. The van der Waals surface area contributed by atoms with Crippen LogP contribution < -0.4 is 10.3 Å². The van der Waals surface area contributed by atoms with E-state index in [9.17, 15) is 0 Å². The maximum atomic E-state index is 5.09. The van der Waals surface area contributed by atoms with Crippen molar-refractivity contribution in [2.75, 3.05) is 0 Å². The Hall–Kier alpha value is -1.48. The van der Waals surface area contributed by atoms with Crippen LogP contribution in [0.1, 0.15) is 5.56 Å². The van der Waals surface area contributed by atoms with E-state index in [-0.39, 0.29) is 5.48 Å². The van der Waals surface area contributed by atoms with Gasteiger partial charge in [0.25, 0.3) is 0 Å². The van der Waals surface area contributed by atoms with Crippen molar-refractivity contribution in [3.05, 3.63) is 36.0 Å². The van der Waals surface area contributed by atoms with E-state index in [0.29, 0.717) is 0 Å². The van der Waals surface area contributed by atoms with Crippen molar-refractivity contribution in [1.82, 2.24) is 5.48 Å². The first-order valence-corrected chi connectivity index (χ1v) is 3.15. The monoisotopic (exact) mass is 151 g/mol. The van der Waals surface area contributed by atoms with Crippen molar-refractivity contribution in [2.24, 2.45) is 0 Å². The largest absolute Gasteiger partial charge is 0.412 e. The van der Waals surface area contributed by atoms with Gasteiger partial charge in [0, 0.05) is 11.8 Å². The number of hydrogen-bond donors (Lipinski definition) is 1. The minimum absolute atomic E-state index is 0. The second-order valence-electron chi connectivity index (χ2n) is 2.09. The van der Waals surface area contributed by atoms with E-state index in [1.165, 1.54) is 0 Å². The maximum absolute atomic E-state index is 5.09. The summed E-state index contributed by atoms with van der Waals surface area (Å²) in [4.78, 5) is 5.09. The number of benzene rings is 1. The zero-order chi connectivity index (χ0) is 6.81. The second-order valence-corrected chi connectivity index (χ2v) is 2.09. The van der Waals surface area contributed by atoms with E-state index in [1.54, 1.807) is 6.20 Å². The van der Waals surface area contributed by atoms with Gasteiger partial charge in [-0.25, -0.2) is 5.48 Å². The average Bonchev–Trinajstić information content (AvgIpc) is 2.05. The highest BCUT2D eigenvalue weighted by Gasteiger charge is 2.01. The van der Waals surface area contributed by atoms with Crippen molar-refractivity contribution in [3.8, 4) is 5.75 Å². The summed E-state index contributed by atoms with van der Waals surface area (Å²) in [6.07, 6.45) is 3.74. The molecule has 0 bridgehead atoms. The lowest BCUT2D eigenvalue weighted by Gasteiger charge is -2.11. The minimum Gasteiger partial charge on any atom is -0.412 e. The van der Waals surface area contributed by atoms with Crippen LogP contribution in [-0.2, 0) is 0 Å². The Kier molecular flexibility index (Phi) is 2.13. The summed E-state index contributed by atoms with van der Waals surface area (Å²) in [7, 11) is 0. The molecule has 1 aromatic rings. The van der Waals surface area contributed by atoms with Crippen molar-refractivity contribution in [1.29, 1.82) is 0 Å². The average molecular weight is 151 g/mol. The Morgan fingerprint density at radius 1 is 1.18 bits per heavy atom. The zero-order valence-corrected chi connectivity index (χ0v) is 5.87. The molecule has 1 aliphatic rings. The second kappa shape index (κ2) is 3.07. The van der Waals surface area contributed by atoms with Crippen molar-refractivity contribution in [2.45, 2.75) is 0 Å². The molecule has 3 nitrogen and oxygen atoms in total. The summed E-state index contributed by atoms with van der Waals surface area (Å²) < 4.78 is 0. The molecule has 2 rings (SSSR count). The fourth-order valence-electron chi connectivity index (χ4n) is 0.932. The predicted molar refractivity (Wildman–Crippen MR) is 42.9 cm³/mol. The van der Waals surface area contributed by atoms with Crippen LogP contribution in [0.2, 0.25) is 0 Å².